The van der Waals surface area contributed by atoms with Gasteiger partial charge in [-0.25, -0.2) is 0 Å². The molecule has 0 fully saturated rings. The SMILES string of the molecule is NC(c1ccc(Cl)s1)c1cc(Br)cc2c1OCC2. The van der Waals surface area contributed by atoms with Gasteiger partial charge in [-0.15, -0.1) is 11.3 Å². The average Bonchev–Trinajstić information content (AvgIpc) is 2.95. The van der Waals surface area contributed by atoms with Gasteiger partial charge in [-0.05, 0) is 29.8 Å². The monoisotopic (exact) mass is 343 g/mol. The van der Waals surface area contributed by atoms with Crippen molar-refractivity contribution in [1.29, 1.82) is 0 Å². The summed E-state index contributed by atoms with van der Waals surface area (Å²) in [6.07, 6.45) is 0.944. The van der Waals surface area contributed by atoms with Crippen LogP contribution in [0.3, 0.4) is 0 Å². The van der Waals surface area contributed by atoms with Gasteiger partial charge >= 0.3 is 0 Å². The third kappa shape index (κ3) is 2.18. The molecule has 94 valence electrons. The van der Waals surface area contributed by atoms with Crippen LogP contribution in [0.1, 0.15) is 22.0 Å². The van der Waals surface area contributed by atoms with Gasteiger partial charge in [-0.2, -0.15) is 0 Å². The van der Waals surface area contributed by atoms with Crippen LogP contribution in [0.2, 0.25) is 4.34 Å². The molecule has 1 aromatic carbocycles. The third-order valence-electron chi connectivity index (χ3n) is 3.01. The maximum absolute atomic E-state index is 6.32. The maximum Gasteiger partial charge on any atom is 0.127 e. The second-order valence-corrected chi connectivity index (χ2v) is 6.86. The fourth-order valence-electron chi connectivity index (χ4n) is 2.18. The fraction of sp³-hybridized carbons (Fsp3) is 0.231. The van der Waals surface area contributed by atoms with Gasteiger partial charge in [-0.3, -0.25) is 0 Å². The molecule has 0 spiro atoms. The van der Waals surface area contributed by atoms with Gasteiger partial charge in [0.15, 0.2) is 0 Å². The van der Waals surface area contributed by atoms with E-state index in [1.54, 1.807) is 0 Å². The quantitative estimate of drug-likeness (QED) is 0.888. The zero-order valence-corrected chi connectivity index (χ0v) is 12.6. The lowest BCUT2D eigenvalue weighted by Gasteiger charge is -2.15. The van der Waals surface area contributed by atoms with Crippen LogP contribution in [-0.2, 0) is 6.42 Å². The van der Waals surface area contributed by atoms with Gasteiger partial charge in [0.25, 0.3) is 0 Å². The van der Waals surface area contributed by atoms with Crippen LogP contribution in [0.25, 0.3) is 0 Å². The van der Waals surface area contributed by atoms with E-state index in [1.807, 2.05) is 18.2 Å². The molecule has 1 unspecified atom stereocenters. The zero-order valence-electron chi connectivity index (χ0n) is 9.45. The summed E-state index contributed by atoms with van der Waals surface area (Å²) in [4.78, 5) is 1.05. The number of halogens is 2. The largest absolute Gasteiger partial charge is 0.493 e. The van der Waals surface area contributed by atoms with Gasteiger partial charge in [0.2, 0.25) is 0 Å². The molecule has 0 bridgehead atoms. The van der Waals surface area contributed by atoms with Crippen LogP contribution < -0.4 is 10.5 Å². The second kappa shape index (κ2) is 4.85. The van der Waals surface area contributed by atoms with E-state index < -0.39 is 0 Å². The summed E-state index contributed by atoms with van der Waals surface area (Å²) in [7, 11) is 0. The predicted octanol–water partition coefficient (Wildman–Crippen LogP) is 4.15. The number of benzene rings is 1. The van der Waals surface area contributed by atoms with Gasteiger partial charge < -0.3 is 10.5 Å². The van der Waals surface area contributed by atoms with E-state index in [1.165, 1.54) is 16.9 Å². The Bertz CT molecular complexity index is 599. The first-order valence-corrected chi connectivity index (χ1v) is 7.60. The first-order chi connectivity index (χ1) is 8.65. The maximum atomic E-state index is 6.32. The summed E-state index contributed by atoms with van der Waals surface area (Å²) in [6, 6.07) is 7.79. The smallest absolute Gasteiger partial charge is 0.127 e. The lowest BCUT2D eigenvalue weighted by atomic mass is 10.0. The molecule has 1 atom stereocenters. The standard InChI is InChI=1S/C13H11BrClNOS/c14-8-5-7-3-4-17-13(7)9(6-8)12(16)10-1-2-11(15)18-10/h1-2,5-6,12H,3-4,16H2. The Hall–Kier alpha value is -0.550. The molecular formula is C13H11BrClNOS. The second-order valence-electron chi connectivity index (χ2n) is 4.20. The molecule has 18 heavy (non-hydrogen) atoms. The van der Waals surface area contributed by atoms with Gasteiger partial charge in [0.1, 0.15) is 5.75 Å². The molecule has 2 heterocycles. The van der Waals surface area contributed by atoms with Crippen LogP contribution in [-0.4, -0.2) is 6.61 Å². The molecule has 0 radical (unpaired) electrons. The van der Waals surface area contributed by atoms with E-state index in [0.717, 1.165) is 38.0 Å². The van der Waals surface area contributed by atoms with Crippen molar-refractivity contribution in [2.45, 2.75) is 12.5 Å². The lowest BCUT2D eigenvalue weighted by Crippen LogP contribution is -2.11. The number of ether oxygens (including phenoxy) is 1. The summed E-state index contributed by atoms with van der Waals surface area (Å²) in [5, 5.41) is 0. The first-order valence-electron chi connectivity index (χ1n) is 5.61. The van der Waals surface area contributed by atoms with Crippen LogP contribution >= 0.6 is 38.9 Å². The van der Waals surface area contributed by atoms with Crippen molar-refractivity contribution in [3.63, 3.8) is 0 Å². The number of fused-ring (bicyclic) bond motifs is 1. The number of hydrogen-bond donors (Lipinski definition) is 1. The number of thiophene rings is 1. The van der Waals surface area contributed by atoms with E-state index in [0.29, 0.717) is 0 Å². The van der Waals surface area contributed by atoms with Gasteiger partial charge in [0.05, 0.1) is 17.0 Å². The van der Waals surface area contributed by atoms with Crippen molar-refractivity contribution in [2.24, 2.45) is 5.73 Å². The first kappa shape index (κ1) is 12.5. The molecular weight excluding hydrogens is 334 g/mol. The van der Waals surface area contributed by atoms with E-state index in [-0.39, 0.29) is 6.04 Å². The molecule has 2 nitrogen and oxygen atoms in total. The van der Waals surface area contributed by atoms with Crippen LogP contribution in [0, 0.1) is 0 Å². The molecule has 0 saturated heterocycles. The van der Waals surface area contributed by atoms with Crippen LogP contribution in [0.4, 0.5) is 0 Å². The molecule has 2 aromatic rings. The molecule has 0 amide bonds. The molecule has 1 aliphatic rings. The minimum atomic E-state index is -0.188. The molecule has 3 rings (SSSR count). The van der Waals surface area contributed by atoms with Gasteiger partial charge in [0, 0.05) is 21.3 Å². The number of hydrogen-bond acceptors (Lipinski definition) is 3. The Morgan fingerprint density at radius 3 is 2.94 bits per heavy atom. The Balaban J connectivity index is 2.06. The molecule has 0 saturated carbocycles. The number of rotatable bonds is 2. The third-order valence-corrected chi connectivity index (χ3v) is 4.78. The highest BCUT2D eigenvalue weighted by atomic mass is 79.9. The van der Waals surface area contributed by atoms with Gasteiger partial charge in [-0.1, -0.05) is 27.5 Å². The van der Waals surface area contributed by atoms with Crippen molar-refractivity contribution in [2.75, 3.05) is 6.61 Å². The Morgan fingerprint density at radius 1 is 1.39 bits per heavy atom. The Kier molecular flexibility index (Phi) is 3.36. The van der Waals surface area contributed by atoms with Crippen molar-refractivity contribution in [3.05, 3.63) is 49.1 Å². The number of nitrogens with two attached hydrogens (primary N) is 1. The molecule has 1 aliphatic heterocycles. The average molecular weight is 345 g/mol. The van der Waals surface area contributed by atoms with E-state index in [9.17, 15) is 0 Å². The Labute approximate surface area is 123 Å². The highest BCUT2D eigenvalue weighted by molar-refractivity contribution is 9.10. The highest BCUT2D eigenvalue weighted by Crippen LogP contribution is 2.39. The summed E-state index contributed by atoms with van der Waals surface area (Å²) in [5.41, 5.74) is 8.57. The molecule has 0 aliphatic carbocycles. The molecule has 1 aromatic heterocycles. The normalized spacial score (nSPS) is 15.3. The minimum Gasteiger partial charge on any atom is -0.493 e. The van der Waals surface area contributed by atoms with E-state index >= 15 is 0 Å². The van der Waals surface area contributed by atoms with E-state index in [2.05, 4.69) is 22.0 Å². The zero-order chi connectivity index (χ0) is 12.7. The van der Waals surface area contributed by atoms with Crippen molar-refractivity contribution < 1.29 is 4.74 Å². The summed E-state index contributed by atoms with van der Waals surface area (Å²) >= 11 is 11.0. The van der Waals surface area contributed by atoms with E-state index in [4.69, 9.17) is 22.1 Å². The van der Waals surface area contributed by atoms with Crippen LogP contribution in [0.5, 0.6) is 5.75 Å². The summed E-state index contributed by atoms with van der Waals surface area (Å²) < 4.78 is 7.50. The van der Waals surface area contributed by atoms with Crippen molar-refractivity contribution in [3.8, 4) is 5.75 Å². The fourth-order valence-corrected chi connectivity index (χ4v) is 3.78. The summed E-state index contributed by atoms with van der Waals surface area (Å²) in [5.74, 6) is 0.940. The lowest BCUT2D eigenvalue weighted by molar-refractivity contribution is 0.352. The Morgan fingerprint density at radius 2 is 2.22 bits per heavy atom. The molecule has 5 heteroatoms. The highest BCUT2D eigenvalue weighted by Gasteiger charge is 2.23. The summed E-state index contributed by atoms with van der Waals surface area (Å²) in [6.45, 7) is 0.733. The predicted molar refractivity (Wildman–Crippen MR) is 78.7 cm³/mol. The van der Waals surface area contributed by atoms with Crippen LogP contribution in [0.15, 0.2) is 28.7 Å². The molecule has 2 N–H and O–H groups in total. The topological polar surface area (TPSA) is 35.2 Å². The van der Waals surface area contributed by atoms with Crippen molar-refractivity contribution >= 4 is 38.9 Å². The minimum absolute atomic E-state index is 0.188. The van der Waals surface area contributed by atoms with Crippen molar-refractivity contribution in [1.82, 2.24) is 0 Å².